The molecule has 1 fully saturated rings. The number of carbonyl (C=O) groups excluding carboxylic acids is 1. The second-order valence-corrected chi connectivity index (χ2v) is 5.05. The van der Waals surface area contributed by atoms with Crippen molar-refractivity contribution in [2.75, 3.05) is 16.8 Å². The highest BCUT2D eigenvalue weighted by Gasteiger charge is 2.21. The Morgan fingerprint density at radius 1 is 1.45 bits per heavy atom. The lowest BCUT2D eigenvalue weighted by Gasteiger charge is -2.17. The first-order chi connectivity index (χ1) is 9.72. The van der Waals surface area contributed by atoms with Crippen molar-refractivity contribution in [3.8, 4) is 0 Å². The Morgan fingerprint density at radius 3 is 3.05 bits per heavy atom. The number of hydrogen-bond donors (Lipinski definition) is 2. The summed E-state index contributed by atoms with van der Waals surface area (Å²) in [6.07, 6.45) is 3.44. The van der Waals surface area contributed by atoms with Gasteiger partial charge in [0.15, 0.2) is 0 Å². The van der Waals surface area contributed by atoms with Crippen LogP contribution in [0.4, 0.5) is 11.4 Å². The molecule has 2 aromatic rings. The van der Waals surface area contributed by atoms with Gasteiger partial charge in [-0.15, -0.1) is 0 Å². The average Bonchev–Trinajstić information content (AvgIpc) is 3.05. The van der Waals surface area contributed by atoms with Crippen molar-refractivity contribution >= 4 is 17.3 Å². The molecule has 1 aromatic carbocycles. The van der Waals surface area contributed by atoms with Gasteiger partial charge in [0.2, 0.25) is 5.91 Å². The molecule has 0 saturated carbocycles. The molecule has 0 atom stereocenters. The van der Waals surface area contributed by atoms with Crippen molar-refractivity contribution in [1.29, 1.82) is 0 Å². The normalized spacial score (nSPS) is 14.8. The minimum atomic E-state index is 0.214. The molecule has 2 heterocycles. The minimum Gasteiger partial charge on any atom is -0.379 e. The number of anilines is 2. The average molecular weight is 270 g/mol. The SMILES string of the molecule is Cc1ncc(CNc2cccc(N3CCCC3=O)c2)[nH]1. The third-order valence-electron chi connectivity index (χ3n) is 3.47. The van der Waals surface area contributed by atoms with Crippen molar-refractivity contribution < 1.29 is 4.79 Å². The van der Waals surface area contributed by atoms with E-state index >= 15 is 0 Å². The summed E-state index contributed by atoms with van der Waals surface area (Å²) in [4.78, 5) is 21.0. The number of benzene rings is 1. The van der Waals surface area contributed by atoms with Crippen molar-refractivity contribution in [2.45, 2.75) is 26.3 Å². The number of H-pyrrole nitrogens is 1. The number of amides is 1. The van der Waals surface area contributed by atoms with Gasteiger partial charge in [0.1, 0.15) is 5.82 Å². The first-order valence-electron chi connectivity index (χ1n) is 6.87. The van der Waals surface area contributed by atoms with E-state index in [2.05, 4.69) is 15.3 Å². The second-order valence-electron chi connectivity index (χ2n) is 5.05. The van der Waals surface area contributed by atoms with Gasteiger partial charge in [-0.05, 0) is 31.5 Å². The van der Waals surface area contributed by atoms with Crippen LogP contribution >= 0.6 is 0 Å². The van der Waals surface area contributed by atoms with Gasteiger partial charge < -0.3 is 15.2 Å². The van der Waals surface area contributed by atoms with Crippen LogP contribution in [0.2, 0.25) is 0 Å². The number of rotatable bonds is 4. The summed E-state index contributed by atoms with van der Waals surface area (Å²) in [7, 11) is 0. The fourth-order valence-electron chi connectivity index (χ4n) is 2.46. The third-order valence-corrected chi connectivity index (χ3v) is 3.47. The van der Waals surface area contributed by atoms with E-state index in [9.17, 15) is 4.79 Å². The fourth-order valence-corrected chi connectivity index (χ4v) is 2.46. The quantitative estimate of drug-likeness (QED) is 0.897. The zero-order valence-corrected chi connectivity index (χ0v) is 11.5. The fraction of sp³-hybridized carbons (Fsp3) is 0.333. The number of aryl methyl sites for hydroxylation is 1. The molecule has 3 rings (SSSR count). The van der Waals surface area contributed by atoms with Crippen LogP contribution in [-0.2, 0) is 11.3 Å². The standard InChI is InChI=1S/C15H18N4O/c1-11-16-9-13(18-11)10-17-12-4-2-5-14(8-12)19-7-3-6-15(19)20/h2,4-5,8-9,17H,3,6-7,10H2,1H3,(H,16,18). The summed E-state index contributed by atoms with van der Waals surface area (Å²) >= 11 is 0. The summed E-state index contributed by atoms with van der Waals surface area (Å²) in [5, 5.41) is 3.34. The zero-order valence-electron chi connectivity index (χ0n) is 11.5. The Bertz CT molecular complexity index is 620. The smallest absolute Gasteiger partial charge is 0.227 e. The Hall–Kier alpha value is -2.30. The second kappa shape index (κ2) is 5.36. The molecule has 5 heteroatoms. The van der Waals surface area contributed by atoms with Crippen LogP contribution in [0.1, 0.15) is 24.4 Å². The van der Waals surface area contributed by atoms with Crippen LogP contribution < -0.4 is 10.2 Å². The molecule has 0 spiro atoms. The Labute approximate surface area is 118 Å². The molecule has 1 aliphatic heterocycles. The highest BCUT2D eigenvalue weighted by atomic mass is 16.2. The third kappa shape index (κ3) is 2.66. The Morgan fingerprint density at radius 2 is 2.35 bits per heavy atom. The highest BCUT2D eigenvalue weighted by Crippen LogP contribution is 2.24. The van der Waals surface area contributed by atoms with Gasteiger partial charge in [-0.2, -0.15) is 0 Å². The van der Waals surface area contributed by atoms with Crippen molar-refractivity contribution in [3.05, 3.63) is 42.0 Å². The first-order valence-corrected chi connectivity index (χ1v) is 6.87. The molecule has 5 nitrogen and oxygen atoms in total. The number of aromatic amines is 1. The molecular formula is C15H18N4O. The number of carbonyl (C=O) groups is 1. The molecule has 104 valence electrons. The minimum absolute atomic E-state index is 0.214. The van der Waals surface area contributed by atoms with E-state index in [0.717, 1.165) is 35.9 Å². The molecule has 0 bridgehead atoms. The van der Waals surface area contributed by atoms with Crippen molar-refractivity contribution in [1.82, 2.24) is 9.97 Å². The Balaban J connectivity index is 1.69. The van der Waals surface area contributed by atoms with Crippen LogP contribution in [-0.4, -0.2) is 22.4 Å². The predicted octanol–water partition coefficient (Wildman–Crippen LogP) is 2.46. The maximum Gasteiger partial charge on any atom is 0.227 e. The van der Waals surface area contributed by atoms with E-state index in [1.165, 1.54) is 0 Å². The van der Waals surface area contributed by atoms with Crippen LogP contribution in [0, 0.1) is 6.92 Å². The molecule has 2 N–H and O–H groups in total. The summed E-state index contributed by atoms with van der Waals surface area (Å²) in [6, 6.07) is 7.98. The molecule has 1 amide bonds. The van der Waals surface area contributed by atoms with Gasteiger partial charge in [0, 0.05) is 24.3 Å². The van der Waals surface area contributed by atoms with Gasteiger partial charge in [-0.25, -0.2) is 4.98 Å². The number of imidazole rings is 1. The predicted molar refractivity (Wildman–Crippen MR) is 78.7 cm³/mol. The molecule has 0 radical (unpaired) electrons. The van der Waals surface area contributed by atoms with E-state index in [-0.39, 0.29) is 5.91 Å². The lowest BCUT2D eigenvalue weighted by Crippen LogP contribution is -2.23. The highest BCUT2D eigenvalue weighted by molar-refractivity contribution is 5.95. The summed E-state index contributed by atoms with van der Waals surface area (Å²) in [5.74, 6) is 1.13. The molecular weight excluding hydrogens is 252 g/mol. The molecule has 0 unspecified atom stereocenters. The maximum absolute atomic E-state index is 11.8. The topological polar surface area (TPSA) is 61.0 Å². The molecule has 20 heavy (non-hydrogen) atoms. The van der Waals surface area contributed by atoms with Crippen LogP contribution in [0.25, 0.3) is 0 Å². The molecule has 0 aliphatic carbocycles. The molecule has 1 aromatic heterocycles. The number of nitrogens with zero attached hydrogens (tertiary/aromatic N) is 2. The van der Waals surface area contributed by atoms with E-state index in [0.29, 0.717) is 13.0 Å². The number of aromatic nitrogens is 2. The number of hydrogen-bond acceptors (Lipinski definition) is 3. The van der Waals surface area contributed by atoms with Crippen molar-refractivity contribution in [3.63, 3.8) is 0 Å². The van der Waals surface area contributed by atoms with Crippen LogP contribution in [0.5, 0.6) is 0 Å². The van der Waals surface area contributed by atoms with Gasteiger partial charge >= 0.3 is 0 Å². The zero-order chi connectivity index (χ0) is 13.9. The Kier molecular flexibility index (Phi) is 3.41. The van der Waals surface area contributed by atoms with E-state index in [1.54, 1.807) is 0 Å². The largest absolute Gasteiger partial charge is 0.379 e. The van der Waals surface area contributed by atoms with Crippen LogP contribution in [0.15, 0.2) is 30.5 Å². The van der Waals surface area contributed by atoms with Crippen molar-refractivity contribution in [2.24, 2.45) is 0 Å². The van der Waals surface area contributed by atoms with E-state index < -0.39 is 0 Å². The number of nitrogens with one attached hydrogen (secondary N) is 2. The van der Waals surface area contributed by atoms with Gasteiger partial charge in [-0.1, -0.05) is 6.07 Å². The molecule has 1 saturated heterocycles. The monoisotopic (exact) mass is 270 g/mol. The lowest BCUT2D eigenvalue weighted by atomic mass is 10.2. The maximum atomic E-state index is 11.8. The molecule has 1 aliphatic rings. The van der Waals surface area contributed by atoms with Crippen LogP contribution in [0.3, 0.4) is 0 Å². The van der Waals surface area contributed by atoms with E-state index in [4.69, 9.17) is 0 Å². The lowest BCUT2D eigenvalue weighted by molar-refractivity contribution is -0.117. The van der Waals surface area contributed by atoms with Gasteiger partial charge in [-0.3, -0.25) is 4.79 Å². The first kappa shape index (κ1) is 12.7. The van der Waals surface area contributed by atoms with Gasteiger partial charge in [0.05, 0.1) is 18.4 Å². The summed E-state index contributed by atoms with van der Waals surface area (Å²) in [6.45, 7) is 3.45. The summed E-state index contributed by atoms with van der Waals surface area (Å²) in [5.41, 5.74) is 3.03. The van der Waals surface area contributed by atoms with E-state index in [1.807, 2.05) is 42.3 Å². The summed E-state index contributed by atoms with van der Waals surface area (Å²) < 4.78 is 0. The van der Waals surface area contributed by atoms with Gasteiger partial charge in [0.25, 0.3) is 0 Å².